The number of nitrogens with one attached hydrogen (secondary N) is 2. The minimum Gasteiger partial charge on any atom is -0.328 e. The summed E-state index contributed by atoms with van der Waals surface area (Å²) in [7, 11) is -3.92. The Morgan fingerprint density at radius 1 is 1.21 bits per heavy atom. The lowest BCUT2D eigenvalue weighted by molar-refractivity contribution is 0.600. The number of anilines is 1. The van der Waals surface area contributed by atoms with Crippen LogP contribution in [0.3, 0.4) is 0 Å². The van der Waals surface area contributed by atoms with Crippen LogP contribution in [-0.4, -0.2) is 23.4 Å². The van der Waals surface area contributed by atoms with Crippen LogP contribution < -0.4 is 10.3 Å². The standard InChI is InChI=1S/C9H6Cl2N4O3S/c10-7-8(11)13-4-14-9(7)15-19(17,18)5-1-2-6(16)12-3-5/h1-4H,(H,12,16)(H,13,14,15). The van der Waals surface area contributed by atoms with Crippen molar-refractivity contribution in [2.75, 3.05) is 4.72 Å². The maximum atomic E-state index is 12.0. The van der Waals surface area contributed by atoms with Crippen molar-refractivity contribution in [3.63, 3.8) is 0 Å². The predicted molar refractivity (Wildman–Crippen MR) is 69.9 cm³/mol. The van der Waals surface area contributed by atoms with Crippen molar-refractivity contribution in [3.8, 4) is 0 Å². The van der Waals surface area contributed by atoms with Gasteiger partial charge in [0.15, 0.2) is 11.0 Å². The van der Waals surface area contributed by atoms with Gasteiger partial charge in [-0.15, -0.1) is 0 Å². The first-order valence-corrected chi connectivity index (χ1v) is 7.01. The van der Waals surface area contributed by atoms with Gasteiger partial charge in [-0.3, -0.25) is 9.52 Å². The van der Waals surface area contributed by atoms with Crippen LogP contribution in [-0.2, 0) is 10.0 Å². The number of hydrogen-bond donors (Lipinski definition) is 2. The van der Waals surface area contributed by atoms with E-state index in [2.05, 4.69) is 19.7 Å². The molecule has 0 unspecified atom stereocenters. The quantitative estimate of drug-likeness (QED) is 0.828. The van der Waals surface area contributed by atoms with E-state index in [1.54, 1.807) is 0 Å². The van der Waals surface area contributed by atoms with Gasteiger partial charge in [0.05, 0.1) is 0 Å². The molecule has 0 aliphatic carbocycles. The zero-order valence-electron chi connectivity index (χ0n) is 9.09. The van der Waals surface area contributed by atoms with E-state index in [0.29, 0.717) is 0 Å². The van der Waals surface area contributed by atoms with Crippen LogP contribution in [0.4, 0.5) is 5.82 Å². The first-order valence-electron chi connectivity index (χ1n) is 4.78. The number of H-pyrrole nitrogens is 1. The SMILES string of the molecule is O=c1ccc(S(=O)(=O)Nc2ncnc(Cl)c2Cl)c[nH]1. The number of aromatic nitrogens is 3. The van der Waals surface area contributed by atoms with Crippen LogP contribution in [0.15, 0.2) is 34.3 Å². The zero-order valence-corrected chi connectivity index (χ0v) is 11.4. The van der Waals surface area contributed by atoms with E-state index in [9.17, 15) is 13.2 Å². The summed E-state index contributed by atoms with van der Waals surface area (Å²) in [6.45, 7) is 0. The minimum atomic E-state index is -3.92. The second-order valence-electron chi connectivity index (χ2n) is 3.32. The maximum Gasteiger partial charge on any atom is 0.264 e. The lowest BCUT2D eigenvalue weighted by Crippen LogP contribution is -2.16. The molecule has 0 fully saturated rings. The second-order valence-corrected chi connectivity index (χ2v) is 5.74. The Morgan fingerprint density at radius 2 is 1.95 bits per heavy atom. The number of pyridine rings is 1. The van der Waals surface area contributed by atoms with Crippen LogP contribution in [0.25, 0.3) is 0 Å². The fourth-order valence-electron chi connectivity index (χ4n) is 1.17. The Kier molecular flexibility index (Phi) is 3.74. The molecular formula is C9H6Cl2N4O3S. The van der Waals surface area contributed by atoms with Gasteiger partial charge < -0.3 is 4.98 Å². The van der Waals surface area contributed by atoms with Crippen molar-refractivity contribution in [2.24, 2.45) is 0 Å². The van der Waals surface area contributed by atoms with E-state index in [0.717, 1.165) is 24.7 Å². The molecule has 19 heavy (non-hydrogen) atoms. The zero-order chi connectivity index (χ0) is 14.0. The molecule has 0 bridgehead atoms. The molecule has 0 aromatic carbocycles. The molecule has 2 aromatic heterocycles. The Balaban J connectivity index is 2.39. The molecule has 10 heteroatoms. The van der Waals surface area contributed by atoms with Crippen molar-refractivity contribution in [3.05, 3.63) is 45.2 Å². The molecule has 100 valence electrons. The smallest absolute Gasteiger partial charge is 0.264 e. The maximum absolute atomic E-state index is 12.0. The molecule has 7 nitrogen and oxygen atoms in total. The van der Waals surface area contributed by atoms with Crippen molar-refractivity contribution in [1.29, 1.82) is 0 Å². The molecule has 0 saturated heterocycles. The normalized spacial score (nSPS) is 11.3. The first-order chi connectivity index (χ1) is 8.90. The largest absolute Gasteiger partial charge is 0.328 e. The molecule has 2 N–H and O–H groups in total. The number of hydrogen-bond acceptors (Lipinski definition) is 5. The minimum absolute atomic E-state index is 0.0733. The number of halogens is 2. The van der Waals surface area contributed by atoms with Gasteiger partial charge in [0.25, 0.3) is 10.0 Å². The highest BCUT2D eigenvalue weighted by atomic mass is 35.5. The van der Waals surface area contributed by atoms with E-state index in [1.807, 2.05) is 0 Å². The highest BCUT2D eigenvalue weighted by molar-refractivity contribution is 7.92. The van der Waals surface area contributed by atoms with Gasteiger partial charge in [0, 0.05) is 12.3 Å². The Hall–Kier alpha value is -1.64. The van der Waals surface area contributed by atoms with E-state index in [-0.39, 0.29) is 20.9 Å². The molecule has 0 atom stereocenters. The van der Waals surface area contributed by atoms with Crippen LogP contribution in [0, 0.1) is 0 Å². The highest BCUT2D eigenvalue weighted by Crippen LogP contribution is 2.26. The van der Waals surface area contributed by atoms with Gasteiger partial charge in [-0.25, -0.2) is 18.4 Å². The summed E-state index contributed by atoms with van der Waals surface area (Å²) in [5.74, 6) is -0.145. The molecule has 0 saturated carbocycles. The Labute approximate surface area is 117 Å². The van der Waals surface area contributed by atoms with Gasteiger partial charge in [-0.05, 0) is 6.07 Å². The molecule has 0 amide bonds. The fourth-order valence-corrected chi connectivity index (χ4v) is 2.49. The van der Waals surface area contributed by atoms with Crippen LogP contribution in [0.5, 0.6) is 0 Å². The van der Waals surface area contributed by atoms with Gasteiger partial charge in [-0.1, -0.05) is 23.2 Å². The Bertz CT molecular complexity index is 755. The average Bonchev–Trinajstić information content (AvgIpc) is 2.35. The summed E-state index contributed by atoms with van der Waals surface area (Å²) >= 11 is 11.4. The van der Waals surface area contributed by atoms with Gasteiger partial charge in [0.2, 0.25) is 5.56 Å². The van der Waals surface area contributed by atoms with E-state index >= 15 is 0 Å². The van der Waals surface area contributed by atoms with Crippen molar-refractivity contribution < 1.29 is 8.42 Å². The third-order valence-electron chi connectivity index (χ3n) is 2.04. The second kappa shape index (κ2) is 5.16. The summed E-state index contributed by atoms with van der Waals surface area (Å²) in [4.78, 5) is 20.3. The monoisotopic (exact) mass is 320 g/mol. The summed E-state index contributed by atoms with van der Waals surface area (Å²) < 4.78 is 26.1. The van der Waals surface area contributed by atoms with E-state index in [1.165, 1.54) is 0 Å². The topological polar surface area (TPSA) is 105 Å². The molecule has 0 aliphatic rings. The lowest BCUT2D eigenvalue weighted by Gasteiger charge is -2.08. The van der Waals surface area contributed by atoms with Crippen molar-refractivity contribution >= 4 is 39.0 Å². The van der Waals surface area contributed by atoms with Crippen molar-refractivity contribution in [1.82, 2.24) is 15.0 Å². The van der Waals surface area contributed by atoms with E-state index in [4.69, 9.17) is 23.2 Å². The molecule has 0 aliphatic heterocycles. The number of nitrogens with zero attached hydrogens (tertiary/aromatic N) is 2. The van der Waals surface area contributed by atoms with Crippen LogP contribution in [0.1, 0.15) is 0 Å². The van der Waals surface area contributed by atoms with Crippen LogP contribution in [0.2, 0.25) is 10.2 Å². The molecule has 0 spiro atoms. The first kappa shape index (κ1) is 13.8. The molecular weight excluding hydrogens is 315 g/mol. The molecule has 0 radical (unpaired) electrons. The number of rotatable bonds is 3. The van der Waals surface area contributed by atoms with E-state index < -0.39 is 15.6 Å². The molecule has 2 rings (SSSR count). The summed E-state index contributed by atoms with van der Waals surface area (Å²) in [5, 5.41) is -0.187. The lowest BCUT2D eigenvalue weighted by atomic mass is 10.5. The van der Waals surface area contributed by atoms with Gasteiger partial charge in [-0.2, -0.15) is 0 Å². The van der Waals surface area contributed by atoms with Gasteiger partial charge in [0.1, 0.15) is 16.2 Å². The molecule has 2 heterocycles. The number of aromatic amines is 1. The summed E-state index contributed by atoms with van der Waals surface area (Å²) in [5.41, 5.74) is -0.415. The predicted octanol–water partition coefficient (Wildman–Crippen LogP) is 1.27. The average molecular weight is 321 g/mol. The Morgan fingerprint density at radius 3 is 2.58 bits per heavy atom. The number of sulfonamides is 1. The third kappa shape index (κ3) is 3.03. The van der Waals surface area contributed by atoms with Crippen LogP contribution >= 0.6 is 23.2 Å². The summed E-state index contributed by atoms with van der Waals surface area (Å²) in [6.07, 6.45) is 2.13. The van der Waals surface area contributed by atoms with Gasteiger partial charge >= 0.3 is 0 Å². The molecule has 2 aromatic rings. The summed E-state index contributed by atoms with van der Waals surface area (Å²) in [6, 6.07) is 2.24. The highest BCUT2D eigenvalue weighted by Gasteiger charge is 2.18. The van der Waals surface area contributed by atoms with Crippen molar-refractivity contribution in [2.45, 2.75) is 4.90 Å². The fraction of sp³-hybridized carbons (Fsp3) is 0. The third-order valence-corrected chi connectivity index (χ3v) is 4.12.